The van der Waals surface area contributed by atoms with Crippen LogP contribution in [0.3, 0.4) is 0 Å². The molecule has 0 spiro atoms. The first-order valence-corrected chi connectivity index (χ1v) is 5.43. The molecule has 0 radical (unpaired) electrons. The Morgan fingerprint density at radius 2 is 2.00 bits per heavy atom. The van der Waals surface area contributed by atoms with E-state index >= 15 is 0 Å². The Hall–Kier alpha value is -0.860. The molecule has 0 fully saturated rings. The molecule has 3 N–H and O–H groups in total. The van der Waals surface area contributed by atoms with Crippen molar-refractivity contribution < 1.29 is 5.11 Å². The summed E-state index contributed by atoms with van der Waals surface area (Å²) in [6.07, 6.45) is 1.32. The number of aryl methyl sites for hydroxylation is 2. The average molecular weight is 207 g/mol. The predicted octanol–water partition coefficient (Wildman–Crippen LogP) is 1.95. The normalized spacial score (nSPS) is 15.0. The fourth-order valence-electron chi connectivity index (χ4n) is 1.80. The van der Waals surface area contributed by atoms with E-state index < -0.39 is 5.60 Å². The number of rotatable bonds is 4. The maximum atomic E-state index is 10.1. The zero-order chi connectivity index (χ0) is 11.5. The number of nitrogens with two attached hydrogens (primary N) is 1. The predicted molar refractivity (Wildman–Crippen MR) is 63.9 cm³/mol. The van der Waals surface area contributed by atoms with Gasteiger partial charge in [-0.05, 0) is 44.9 Å². The monoisotopic (exact) mass is 207 g/mol. The lowest BCUT2D eigenvalue weighted by Gasteiger charge is -2.23. The fraction of sp³-hybridized carbons (Fsp3) is 0.538. The summed E-state index contributed by atoms with van der Waals surface area (Å²) in [7, 11) is 0. The molecule has 0 aliphatic carbocycles. The second-order valence-electron chi connectivity index (χ2n) is 4.64. The van der Waals surface area contributed by atoms with E-state index in [2.05, 4.69) is 32.0 Å². The van der Waals surface area contributed by atoms with E-state index in [4.69, 9.17) is 5.73 Å². The van der Waals surface area contributed by atoms with Crippen LogP contribution in [-0.2, 0) is 6.42 Å². The zero-order valence-corrected chi connectivity index (χ0v) is 9.88. The van der Waals surface area contributed by atoms with Gasteiger partial charge in [0.1, 0.15) is 0 Å². The largest absolute Gasteiger partial charge is 0.390 e. The van der Waals surface area contributed by atoms with Gasteiger partial charge >= 0.3 is 0 Å². The molecule has 0 bridgehead atoms. The van der Waals surface area contributed by atoms with Gasteiger partial charge in [-0.3, -0.25) is 0 Å². The molecule has 0 aliphatic heterocycles. The number of benzene rings is 1. The molecular formula is C13H21NO. The van der Waals surface area contributed by atoms with Gasteiger partial charge in [0.25, 0.3) is 0 Å². The van der Waals surface area contributed by atoms with Crippen LogP contribution in [-0.4, -0.2) is 17.3 Å². The summed E-state index contributed by atoms with van der Waals surface area (Å²) < 4.78 is 0. The van der Waals surface area contributed by atoms with E-state index in [0.717, 1.165) is 0 Å². The summed E-state index contributed by atoms with van der Waals surface area (Å²) in [4.78, 5) is 0. The first-order valence-electron chi connectivity index (χ1n) is 5.43. The Bertz CT molecular complexity index is 331. The molecule has 15 heavy (non-hydrogen) atoms. The van der Waals surface area contributed by atoms with E-state index in [-0.39, 0.29) is 0 Å². The smallest absolute Gasteiger partial charge is 0.0672 e. The van der Waals surface area contributed by atoms with Crippen LogP contribution >= 0.6 is 0 Å². The molecule has 0 amide bonds. The first kappa shape index (κ1) is 12.2. The Morgan fingerprint density at radius 3 is 2.60 bits per heavy atom. The number of hydrogen-bond donors (Lipinski definition) is 2. The molecule has 0 heterocycles. The van der Waals surface area contributed by atoms with Crippen LogP contribution in [0.1, 0.15) is 30.0 Å². The van der Waals surface area contributed by atoms with Gasteiger partial charge in [0.05, 0.1) is 5.60 Å². The van der Waals surface area contributed by atoms with E-state index in [1.165, 1.54) is 16.7 Å². The molecule has 84 valence electrons. The van der Waals surface area contributed by atoms with Crippen molar-refractivity contribution in [2.75, 3.05) is 6.54 Å². The molecule has 1 aromatic rings. The zero-order valence-electron chi connectivity index (χ0n) is 9.88. The summed E-state index contributed by atoms with van der Waals surface area (Å²) in [5.41, 5.74) is 8.47. The van der Waals surface area contributed by atoms with Gasteiger partial charge in [0.2, 0.25) is 0 Å². The van der Waals surface area contributed by atoms with Crippen molar-refractivity contribution in [3.63, 3.8) is 0 Å². The summed E-state index contributed by atoms with van der Waals surface area (Å²) in [6, 6.07) is 6.33. The van der Waals surface area contributed by atoms with E-state index in [9.17, 15) is 5.11 Å². The summed E-state index contributed by atoms with van der Waals surface area (Å²) in [5.74, 6) is 0. The summed E-state index contributed by atoms with van der Waals surface area (Å²) >= 11 is 0. The van der Waals surface area contributed by atoms with Crippen molar-refractivity contribution >= 4 is 0 Å². The SMILES string of the molecule is Cc1ccc(C)c(CC(C)(O)CCN)c1. The van der Waals surface area contributed by atoms with E-state index in [1.54, 1.807) is 0 Å². The second-order valence-corrected chi connectivity index (χ2v) is 4.64. The van der Waals surface area contributed by atoms with Crippen molar-refractivity contribution in [3.8, 4) is 0 Å². The van der Waals surface area contributed by atoms with Crippen LogP contribution < -0.4 is 5.73 Å². The van der Waals surface area contributed by atoms with Crippen LogP contribution in [0.2, 0.25) is 0 Å². The van der Waals surface area contributed by atoms with Crippen molar-refractivity contribution in [1.29, 1.82) is 0 Å². The van der Waals surface area contributed by atoms with Gasteiger partial charge in [-0.1, -0.05) is 23.8 Å². The van der Waals surface area contributed by atoms with Gasteiger partial charge in [-0.15, -0.1) is 0 Å². The lowest BCUT2D eigenvalue weighted by Crippen LogP contribution is -2.30. The van der Waals surface area contributed by atoms with Gasteiger partial charge in [0.15, 0.2) is 0 Å². The molecule has 0 saturated heterocycles. The molecular weight excluding hydrogens is 186 g/mol. The van der Waals surface area contributed by atoms with Crippen molar-refractivity contribution in [3.05, 3.63) is 34.9 Å². The molecule has 1 rings (SSSR count). The maximum absolute atomic E-state index is 10.1. The van der Waals surface area contributed by atoms with Crippen LogP contribution in [0, 0.1) is 13.8 Å². The minimum absolute atomic E-state index is 0.526. The van der Waals surface area contributed by atoms with Crippen molar-refractivity contribution in [1.82, 2.24) is 0 Å². The molecule has 1 unspecified atom stereocenters. The third-order valence-corrected chi connectivity index (χ3v) is 2.76. The highest BCUT2D eigenvalue weighted by molar-refractivity contribution is 5.31. The standard InChI is InChI=1S/C13H21NO/c1-10-4-5-11(2)12(8-10)9-13(3,15)6-7-14/h4-5,8,15H,6-7,9,14H2,1-3H3. The highest BCUT2D eigenvalue weighted by Gasteiger charge is 2.20. The Labute approximate surface area is 92.1 Å². The van der Waals surface area contributed by atoms with Crippen molar-refractivity contribution in [2.24, 2.45) is 5.73 Å². The Balaban J connectivity index is 2.83. The third-order valence-electron chi connectivity index (χ3n) is 2.76. The van der Waals surface area contributed by atoms with Gasteiger partial charge < -0.3 is 10.8 Å². The molecule has 2 heteroatoms. The van der Waals surface area contributed by atoms with Crippen LogP contribution in [0.4, 0.5) is 0 Å². The lowest BCUT2D eigenvalue weighted by atomic mass is 9.90. The van der Waals surface area contributed by atoms with Gasteiger partial charge in [0, 0.05) is 6.42 Å². The molecule has 0 aromatic heterocycles. The van der Waals surface area contributed by atoms with E-state index in [0.29, 0.717) is 19.4 Å². The highest BCUT2D eigenvalue weighted by Crippen LogP contribution is 2.20. The van der Waals surface area contributed by atoms with Crippen LogP contribution in [0.25, 0.3) is 0 Å². The van der Waals surface area contributed by atoms with E-state index in [1.807, 2.05) is 6.92 Å². The molecule has 0 saturated carbocycles. The van der Waals surface area contributed by atoms with Crippen LogP contribution in [0.5, 0.6) is 0 Å². The number of hydrogen-bond acceptors (Lipinski definition) is 2. The topological polar surface area (TPSA) is 46.2 Å². The molecule has 1 aromatic carbocycles. The van der Waals surface area contributed by atoms with Crippen LogP contribution in [0.15, 0.2) is 18.2 Å². The van der Waals surface area contributed by atoms with Crippen molar-refractivity contribution in [2.45, 2.75) is 39.2 Å². The Kier molecular flexibility index (Phi) is 3.89. The van der Waals surface area contributed by atoms with Gasteiger partial charge in [-0.25, -0.2) is 0 Å². The minimum atomic E-state index is -0.687. The number of aliphatic hydroxyl groups is 1. The molecule has 2 nitrogen and oxygen atoms in total. The minimum Gasteiger partial charge on any atom is -0.390 e. The highest BCUT2D eigenvalue weighted by atomic mass is 16.3. The summed E-state index contributed by atoms with van der Waals surface area (Å²) in [6.45, 7) is 6.52. The molecule has 1 atom stereocenters. The fourth-order valence-corrected chi connectivity index (χ4v) is 1.80. The maximum Gasteiger partial charge on any atom is 0.0672 e. The second kappa shape index (κ2) is 4.77. The quantitative estimate of drug-likeness (QED) is 0.792. The Morgan fingerprint density at radius 1 is 1.33 bits per heavy atom. The summed E-state index contributed by atoms with van der Waals surface area (Å²) in [5, 5.41) is 10.1. The first-order chi connectivity index (χ1) is 6.94. The lowest BCUT2D eigenvalue weighted by molar-refractivity contribution is 0.0537. The molecule has 0 aliphatic rings. The average Bonchev–Trinajstić information content (AvgIpc) is 2.10. The van der Waals surface area contributed by atoms with Gasteiger partial charge in [-0.2, -0.15) is 0 Å². The third kappa shape index (κ3) is 3.65.